The highest BCUT2D eigenvalue weighted by atomic mass is 16.6. The number of amides is 1. The molecule has 2 unspecified atom stereocenters. The third-order valence-corrected chi connectivity index (χ3v) is 4.57. The van der Waals surface area contributed by atoms with Crippen molar-refractivity contribution in [2.24, 2.45) is 0 Å². The molecule has 9 heteroatoms. The van der Waals surface area contributed by atoms with Gasteiger partial charge in [-0.3, -0.25) is 4.79 Å². The minimum absolute atomic E-state index is 0.178. The summed E-state index contributed by atoms with van der Waals surface area (Å²) in [6, 6.07) is 18.0. The SMILES string of the molecule is CC1Oc2ccccc2OC1C(=O)OCC(=O)Nc1c(C#N)cnn1-c1ccccc1. The van der Waals surface area contributed by atoms with Gasteiger partial charge < -0.3 is 19.5 Å². The minimum Gasteiger partial charge on any atom is -0.482 e. The van der Waals surface area contributed by atoms with Gasteiger partial charge in [-0.1, -0.05) is 30.3 Å². The molecule has 3 aromatic rings. The van der Waals surface area contributed by atoms with Gasteiger partial charge in [0.1, 0.15) is 17.7 Å². The molecule has 0 saturated heterocycles. The number of hydrogen-bond acceptors (Lipinski definition) is 7. The van der Waals surface area contributed by atoms with Gasteiger partial charge in [-0.25, -0.2) is 9.48 Å². The van der Waals surface area contributed by atoms with E-state index < -0.39 is 30.7 Å². The van der Waals surface area contributed by atoms with E-state index in [9.17, 15) is 14.9 Å². The Morgan fingerprint density at radius 3 is 2.52 bits per heavy atom. The van der Waals surface area contributed by atoms with E-state index in [1.54, 1.807) is 43.3 Å². The number of nitrogens with zero attached hydrogens (tertiary/aromatic N) is 3. The van der Waals surface area contributed by atoms with Crippen LogP contribution in [0.5, 0.6) is 11.5 Å². The first kappa shape index (κ1) is 20.0. The lowest BCUT2D eigenvalue weighted by Crippen LogP contribution is -2.45. The molecule has 1 aromatic heterocycles. The van der Waals surface area contributed by atoms with Crippen LogP contribution in [0.1, 0.15) is 12.5 Å². The quantitative estimate of drug-likeness (QED) is 0.633. The van der Waals surface area contributed by atoms with Gasteiger partial charge >= 0.3 is 5.97 Å². The molecule has 2 atom stereocenters. The lowest BCUT2D eigenvalue weighted by Gasteiger charge is -2.30. The molecule has 1 N–H and O–H groups in total. The maximum absolute atomic E-state index is 12.5. The van der Waals surface area contributed by atoms with Gasteiger partial charge in [-0.15, -0.1) is 0 Å². The summed E-state index contributed by atoms with van der Waals surface area (Å²) in [5.74, 6) is -0.191. The highest BCUT2D eigenvalue weighted by molar-refractivity contribution is 5.93. The molecule has 0 radical (unpaired) electrons. The molecule has 0 bridgehead atoms. The molecule has 0 aliphatic carbocycles. The fourth-order valence-corrected chi connectivity index (χ4v) is 3.08. The first-order valence-electron chi connectivity index (χ1n) is 9.49. The number of benzene rings is 2. The smallest absolute Gasteiger partial charge is 0.351 e. The van der Waals surface area contributed by atoms with Gasteiger partial charge in [0.2, 0.25) is 6.10 Å². The molecule has 0 saturated carbocycles. The number of carbonyl (C=O) groups excluding carboxylic acids is 2. The zero-order chi connectivity index (χ0) is 21.8. The zero-order valence-electron chi connectivity index (χ0n) is 16.5. The summed E-state index contributed by atoms with van der Waals surface area (Å²) in [5.41, 5.74) is 0.842. The van der Waals surface area contributed by atoms with Gasteiger partial charge in [0.05, 0.1) is 11.9 Å². The summed E-state index contributed by atoms with van der Waals surface area (Å²) in [6.45, 7) is 1.12. The summed E-state index contributed by atoms with van der Waals surface area (Å²) in [4.78, 5) is 24.9. The first-order chi connectivity index (χ1) is 15.1. The van der Waals surface area contributed by atoms with Crippen LogP contribution >= 0.6 is 0 Å². The maximum Gasteiger partial charge on any atom is 0.351 e. The Hall–Kier alpha value is -4.32. The molecule has 1 amide bonds. The highest BCUT2D eigenvalue weighted by Gasteiger charge is 2.35. The summed E-state index contributed by atoms with van der Waals surface area (Å²) in [7, 11) is 0. The number of para-hydroxylation sites is 3. The number of rotatable bonds is 5. The number of ether oxygens (including phenoxy) is 3. The van der Waals surface area contributed by atoms with Crippen molar-refractivity contribution in [3.63, 3.8) is 0 Å². The Labute approximate surface area is 177 Å². The summed E-state index contributed by atoms with van der Waals surface area (Å²) in [5, 5.41) is 16.0. The fraction of sp³-hybridized carbons (Fsp3) is 0.182. The molecular weight excluding hydrogens is 400 g/mol. The normalized spacial score (nSPS) is 16.8. The van der Waals surface area contributed by atoms with Crippen LogP contribution in [0.15, 0.2) is 60.8 Å². The molecule has 2 heterocycles. The summed E-state index contributed by atoms with van der Waals surface area (Å²) in [6.07, 6.45) is -0.247. The van der Waals surface area contributed by atoms with Crippen molar-refractivity contribution < 1.29 is 23.8 Å². The molecular formula is C22H18N4O5. The van der Waals surface area contributed by atoms with Gasteiger partial charge in [0.15, 0.2) is 23.9 Å². The molecule has 1 aliphatic heterocycles. The standard InChI is InChI=1S/C22H18N4O5/c1-14-20(31-18-10-6-5-9-17(18)30-14)22(28)29-13-19(27)25-21-15(11-23)12-24-26(21)16-7-3-2-4-8-16/h2-10,12,14,20H,13H2,1H3,(H,25,27). The van der Waals surface area contributed by atoms with Gasteiger partial charge in [-0.2, -0.15) is 10.4 Å². The van der Waals surface area contributed by atoms with Crippen LogP contribution in [0.4, 0.5) is 5.82 Å². The third kappa shape index (κ3) is 4.18. The molecule has 156 valence electrons. The van der Waals surface area contributed by atoms with Gasteiger partial charge in [0, 0.05) is 0 Å². The number of carbonyl (C=O) groups is 2. The predicted octanol–water partition coefficient (Wildman–Crippen LogP) is 2.45. The van der Waals surface area contributed by atoms with Crippen LogP contribution in [0.25, 0.3) is 5.69 Å². The Morgan fingerprint density at radius 1 is 1.13 bits per heavy atom. The van der Waals surface area contributed by atoms with Crippen molar-refractivity contribution >= 4 is 17.7 Å². The Bertz CT molecular complexity index is 1150. The van der Waals surface area contributed by atoms with Crippen LogP contribution in [0.2, 0.25) is 0 Å². The lowest BCUT2D eigenvalue weighted by molar-refractivity contribution is -0.159. The van der Waals surface area contributed by atoms with Crippen LogP contribution in [-0.2, 0) is 14.3 Å². The molecule has 0 fully saturated rings. The Morgan fingerprint density at radius 2 is 1.81 bits per heavy atom. The maximum atomic E-state index is 12.5. The zero-order valence-corrected chi connectivity index (χ0v) is 16.5. The topological polar surface area (TPSA) is 115 Å². The Balaban J connectivity index is 1.41. The van der Waals surface area contributed by atoms with Crippen molar-refractivity contribution in [1.29, 1.82) is 5.26 Å². The van der Waals surface area contributed by atoms with E-state index in [1.807, 2.05) is 24.3 Å². The molecule has 4 rings (SSSR count). The number of aromatic nitrogens is 2. The van der Waals surface area contributed by atoms with Crippen LogP contribution in [-0.4, -0.2) is 40.5 Å². The second-order valence-corrected chi connectivity index (χ2v) is 6.73. The average molecular weight is 418 g/mol. The predicted molar refractivity (Wildman–Crippen MR) is 109 cm³/mol. The second kappa shape index (κ2) is 8.59. The largest absolute Gasteiger partial charge is 0.482 e. The lowest BCUT2D eigenvalue weighted by atomic mass is 10.2. The van der Waals surface area contributed by atoms with E-state index in [-0.39, 0.29) is 11.4 Å². The van der Waals surface area contributed by atoms with Crippen molar-refractivity contribution in [2.75, 3.05) is 11.9 Å². The second-order valence-electron chi connectivity index (χ2n) is 6.73. The monoisotopic (exact) mass is 418 g/mol. The van der Waals surface area contributed by atoms with E-state index in [0.29, 0.717) is 17.2 Å². The molecule has 31 heavy (non-hydrogen) atoms. The van der Waals surface area contributed by atoms with Crippen molar-refractivity contribution in [1.82, 2.24) is 9.78 Å². The van der Waals surface area contributed by atoms with Crippen LogP contribution in [0, 0.1) is 11.3 Å². The molecule has 2 aromatic carbocycles. The number of anilines is 1. The fourth-order valence-electron chi connectivity index (χ4n) is 3.08. The number of esters is 1. The Kier molecular flexibility index (Phi) is 5.53. The van der Waals surface area contributed by atoms with E-state index in [4.69, 9.17) is 14.2 Å². The van der Waals surface area contributed by atoms with Crippen molar-refractivity contribution in [2.45, 2.75) is 19.1 Å². The van der Waals surface area contributed by atoms with E-state index in [2.05, 4.69) is 10.4 Å². The number of fused-ring (bicyclic) bond motifs is 1. The van der Waals surface area contributed by atoms with Gasteiger partial charge in [0.25, 0.3) is 5.91 Å². The molecule has 0 spiro atoms. The highest BCUT2D eigenvalue weighted by Crippen LogP contribution is 2.33. The number of nitriles is 1. The van der Waals surface area contributed by atoms with Crippen LogP contribution < -0.4 is 14.8 Å². The van der Waals surface area contributed by atoms with Crippen molar-refractivity contribution in [3.05, 3.63) is 66.4 Å². The van der Waals surface area contributed by atoms with Crippen LogP contribution in [0.3, 0.4) is 0 Å². The van der Waals surface area contributed by atoms with E-state index >= 15 is 0 Å². The van der Waals surface area contributed by atoms with Crippen molar-refractivity contribution in [3.8, 4) is 23.3 Å². The first-order valence-corrected chi connectivity index (χ1v) is 9.49. The van der Waals surface area contributed by atoms with E-state index in [1.165, 1.54) is 10.9 Å². The minimum atomic E-state index is -1.01. The third-order valence-electron chi connectivity index (χ3n) is 4.57. The van der Waals surface area contributed by atoms with E-state index in [0.717, 1.165) is 0 Å². The summed E-state index contributed by atoms with van der Waals surface area (Å²) >= 11 is 0. The summed E-state index contributed by atoms with van der Waals surface area (Å²) < 4.78 is 17.9. The molecule has 1 aliphatic rings. The number of hydrogen-bond donors (Lipinski definition) is 1. The average Bonchev–Trinajstić information content (AvgIpc) is 3.20. The van der Waals surface area contributed by atoms with Gasteiger partial charge in [-0.05, 0) is 31.2 Å². The molecule has 9 nitrogen and oxygen atoms in total. The number of nitrogens with one attached hydrogen (secondary N) is 1.